The van der Waals surface area contributed by atoms with Gasteiger partial charge in [-0.2, -0.15) is 0 Å². The van der Waals surface area contributed by atoms with Gasteiger partial charge in [0, 0.05) is 22.2 Å². The van der Waals surface area contributed by atoms with Crippen LogP contribution in [0, 0.1) is 0 Å². The summed E-state index contributed by atoms with van der Waals surface area (Å²) < 4.78 is 0.848. The van der Waals surface area contributed by atoms with Crippen LogP contribution in [0.3, 0.4) is 0 Å². The molecule has 4 nitrogen and oxygen atoms in total. The van der Waals surface area contributed by atoms with E-state index < -0.39 is 11.8 Å². The monoisotopic (exact) mass is 326 g/mol. The predicted molar refractivity (Wildman–Crippen MR) is 79.9 cm³/mol. The molecule has 0 heterocycles. The number of carbonyl (C=O) groups excluding carboxylic acids is 2. The van der Waals surface area contributed by atoms with Crippen LogP contribution in [0.15, 0.2) is 28.7 Å². The lowest BCUT2D eigenvalue weighted by molar-refractivity contribution is -0.146. The molecule has 0 saturated carbocycles. The highest BCUT2D eigenvalue weighted by molar-refractivity contribution is 9.10. The van der Waals surface area contributed by atoms with Crippen molar-refractivity contribution >= 4 is 33.4 Å². The maximum atomic E-state index is 12.1. The van der Waals surface area contributed by atoms with Gasteiger partial charge in [0.05, 0.1) is 0 Å². The van der Waals surface area contributed by atoms with Gasteiger partial charge in [-0.25, -0.2) is 0 Å². The third kappa shape index (κ3) is 4.35. The summed E-state index contributed by atoms with van der Waals surface area (Å²) in [7, 11) is 0. The van der Waals surface area contributed by atoms with Gasteiger partial charge in [0.2, 0.25) is 0 Å². The van der Waals surface area contributed by atoms with E-state index in [2.05, 4.69) is 21.2 Å². The Balaban J connectivity index is 2.80. The highest BCUT2D eigenvalue weighted by atomic mass is 79.9. The molecular weight excluding hydrogens is 308 g/mol. The third-order valence-electron chi connectivity index (χ3n) is 2.65. The zero-order valence-electron chi connectivity index (χ0n) is 11.7. The van der Waals surface area contributed by atoms with Crippen molar-refractivity contribution in [1.82, 2.24) is 4.90 Å². The molecule has 0 aliphatic heterocycles. The first-order chi connectivity index (χ1) is 8.75. The normalized spacial score (nSPS) is 11.0. The first-order valence-electron chi connectivity index (χ1n) is 6.14. The quantitative estimate of drug-likeness (QED) is 0.849. The molecule has 0 fully saturated rings. The summed E-state index contributed by atoms with van der Waals surface area (Å²) in [6, 6.07) is 7.14. The second-order valence-electron chi connectivity index (χ2n) is 5.18. The number of anilines is 1. The minimum atomic E-state index is -0.616. The first-order valence-corrected chi connectivity index (χ1v) is 6.93. The van der Waals surface area contributed by atoms with Crippen molar-refractivity contribution in [3.8, 4) is 0 Å². The van der Waals surface area contributed by atoms with E-state index in [1.165, 1.54) is 0 Å². The average Bonchev–Trinajstić information content (AvgIpc) is 2.27. The maximum Gasteiger partial charge on any atom is 0.313 e. The molecule has 0 atom stereocenters. The molecule has 1 rings (SSSR count). The van der Waals surface area contributed by atoms with Gasteiger partial charge in [0.15, 0.2) is 0 Å². The summed E-state index contributed by atoms with van der Waals surface area (Å²) in [5.74, 6) is -1.13. The minimum absolute atomic E-state index is 0.375. The van der Waals surface area contributed by atoms with E-state index in [0.717, 1.165) is 4.47 Å². The zero-order valence-corrected chi connectivity index (χ0v) is 13.2. The lowest BCUT2D eigenvalue weighted by atomic mass is 10.1. The SMILES string of the molecule is CCN(C(=O)C(=O)Nc1cccc(Br)c1)C(C)(C)C. The molecule has 104 valence electrons. The fourth-order valence-electron chi connectivity index (χ4n) is 1.80. The minimum Gasteiger partial charge on any atom is -0.330 e. The molecule has 0 aliphatic rings. The van der Waals surface area contributed by atoms with E-state index >= 15 is 0 Å². The Kier molecular flexibility index (Phi) is 5.11. The fraction of sp³-hybridized carbons (Fsp3) is 0.429. The van der Waals surface area contributed by atoms with Crippen LogP contribution in [0.2, 0.25) is 0 Å². The van der Waals surface area contributed by atoms with Gasteiger partial charge in [0.25, 0.3) is 0 Å². The number of rotatable bonds is 2. The van der Waals surface area contributed by atoms with Crippen molar-refractivity contribution in [1.29, 1.82) is 0 Å². The Morgan fingerprint density at radius 3 is 2.42 bits per heavy atom. The van der Waals surface area contributed by atoms with E-state index in [1.54, 1.807) is 23.1 Å². The molecule has 2 amide bonds. The lowest BCUT2D eigenvalue weighted by Gasteiger charge is -2.34. The zero-order chi connectivity index (χ0) is 14.6. The van der Waals surface area contributed by atoms with Crippen molar-refractivity contribution in [3.63, 3.8) is 0 Å². The van der Waals surface area contributed by atoms with Crippen molar-refractivity contribution in [2.75, 3.05) is 11.9 Å². The van der Waals surface area contributed by atoms with E-state index in [1.807, 2.05) is 33.8 Å². The molecule has 0 unspecified atom stereocenters. The summed E-state index contributed by atoms with van der Waals surface area (Å²) in [6.07, 6.45) is 0. The third-order valence-corrected chi connectivity index (χ3v) is 3.14. The Morgan fingerprint density at radius 1 is 1.32 bits per heavy atom. The van der Waals surface area contributed by atoms with Crippen LogP contribution in [-0.4, -0.2) is 28.8 Å². The van der Waals surface area contributed by atoms with Gasteiger partial charge >= 0.3 is 11.8 Å². The van der Waals surface area contributed by atoms with Crippen LogP contribution in [0.4, 0.5) is 5.69 Å². The lowest BCUT2D eigenvalue weighted by Crippen LogP contribution is -2.49. The molecule has 5 heteroatoms. The highest BCUT2D eigenvalue weighted by Gasteiger charge is 2.29. The number of amides is 2. The number of hydrogen-bond acceptors (Lipinski definition) is 2. The molecule has 0 aliphatic carbocycles. The molecule has 1 aromatic carbocycles. The number of hydrogen-bond donors (Lipinski definition) is 1. The smallest absolute Gasteiger partial charge is 0.313 e. The number of nitrogens with one attached hydrogen (secondary N) is 1. The second-order valence-corrected chi connectivity index (χ2v) is 6.10. The molecule has 19 heavy (non-hydrogen) atoms. The summed E-state index contributed by atoms with van der Waals surface area (Å²) in [4.78, 5) is 25.6. The Bertz CT molecular complexity index is 481. The van der Waals surface area contributed by atoms with E-state index in [0.29, 0.717) is 12.2 Å². The second kappa shape index (κ2) is 6.19. The molecule has 0 radical (unpaired) electrons. The molecule has 0 saturated heterocycles. The van der Waals surface area contributed by atoms with Gasteiger partial charge in [-0.1, -0.05) is 22.0 Å². The van der Waals surface area contributed by atoms with Crippen LogP contribution in [0.1, 0.15) is 27.7 Å². The Morgan fingerprint density at radius 2 is 1.95 bits per heavy atom. The molecule has 0 spiro atoms. The van der Waals surface area contributed by atoms with Gasteiger partial charge in [-0.05, 0) is 45.9 Å². The topological polar surface area (TPSA) is 49.4 Å². The van der Waals surface area contributed by atoms with Crippen LogP contribution < -0.4 is 5.32 Å². The van der Waals surface area contributed by atoms with Gasteiger partial charge in [-0.3, -0.25) is 9.59 Å². The average molecular weight is 327 g/mol. The Labute approximate surface area is 122 Å². The number of halogens is 1. The van der Waals surface area contributed by atoms with Gasteiger partial charge in [0.1, 0.15) is 0 Å². The van der Waals surface area contributed by atoms with Gasteiger partial charge in [-0.15, -0.1) is 0 Å². The van der Waals surface area contributed by atoms with E-state index in [9.17, 15) is 9.59 Å². The molecule has 1 N–H and O–H groups in total. The number of likely N-dealkylation sites (N-methyl/N-ethyl adjacent to an activating group) is 1. The molecule has 0 bridgehead atoms. The summed E-state index contributed by atoms with van der Waals surface area (Å²) in [5.41, 5.74) is 0.221. The van der Waals surface area contributed by atoms with Crippen LogP contribution in [0.25, 0.3) is 0 Å². The van der Waals surface area contributed by atoms with Crippen LogP contribution in [0.5, 0.6) is 0 Å². The van der Waals surface area contributed by atoms with E-state index in [-0.39, 0.29) is 5.54 Å². The van der Waals surface area contributed by atoms with E-state index in [4.69, 9.17) is 0 Å². The number of benzene rings is 1. The molecule has 0 aromatic heterocycles. The summed E-state index contributed by atoms with van der Waals surface area (Å²) in [5, 5.41) is 2.61. The van der Waals surface area contributed by atoms with Crippen molar-refractivity contribution < 1.29 is 9.59 Å². The largest absolute Gasteiger partial charge is 0.330 e. The maximum absolute atomic E-state index is 12.1. The van der Waals surface area contributed by atoms with Crippen LogP contribution in [-0.2, 0) is 9.59 Å². The standard InChI is InChI=1S/C14H19BrN2O2/c1-5-17(14(2,3)4)13(19)12(18)16-11-8-6-7-10(15)9-11/h6-9H,5H2,1-4H3,(H,16,18). The molecule has 1 aromatic rings. The summed E-state index contributed by atoms with van der Waals surface area (Å²) >= 11 is 3.32. The number of carbonyl (C=O) groups is 2. The predicted octanol–water partition coefficient (Wildman–Crippen LogP) is 3.03. The van der Waals surface area contributed by atoms with Crippen molar-refractivity contribution in [3.05, 3.63) is 28.7 Å². The fourth-order valence-corrected chi connectivity index (χ4v) is 2.20. The number of nitrogens with zero attached hydrogens (tertiary/aromatic N) is 1. The van der Waals surface area contributed by atoms with Gasteiger partial charge < -0.3 is 10.2 Å². The highest BCUT2D eigenvalue weighted by Crippen LogP contribution is 2.17. The van der Waals surface area contributed by atoms with Crippen LogP contribution >= 0.6 is 15.9 Å². The van der Waals surface area contributed by atoms with Crippen molar-refractivity contribution in [2.45, 2.75) is 33.2 Å². The summed E-state index contributed by atoms with van der Waals surface area (Å²) in [6.45, 7) is 8.06. The van der Waals surface area contributed by atoms with Crippen molar-refractivity contribution in [2.24, 2.45) is 0 Å². The molecular formula is C14H19BrN2O2. The first kappa shape index (κ1) is 15.7. The Hall–Kier alpha value is -1.36.